The highest BCUT2D eigenvalue weighted by Crippen LogP contribution is 2.43. The molecule has 1 aliphatic carbocycles. The molecule has 1 aliphatic heterocycles. The number of hydrogen-bond acceptors (Lipinski definition) is 7. The Kier molecular flexibility index (Phi) is 4.73. The molecule has 7 nitrogen and oxygen atoms in total. The van der Waals surface area contributed by atoms with Gasteiger partial charge in [0.2, 0.25) is 0 Å². The number of carbonyl (C=O) groups is 2. The number of rotatable bonds is 6. The van der Waals surface area contributed by atoms with Crippen LogP contribution in [0.25, 0.3) is 11.4 Å². The number of thioether (sulfide) groups is 1. The van der Waals surface area contributed by atoms with E-state index in [1.165, 1.54) is 6.33 Å². The number of aromatic nitrogens is 3. The van der Waals surface area contributed by atoms with E-state index in [1.54, 1.807) is 35.0 Å². The van der Waals surface area contributed by atoms with Gasteiger partial charge in [0.25, 0.3) is 0 Å². The van der Waals surface area contributed by atoms with Gasteiger partial charge in [-0.2, -0.15) is 5.10 Å². The van der Waals surface area contributed by atoms with Gasteiger partial charge in [-0.25, -0.2) is 4.98 Å². The Bertz CT molecular complexity index is 917. The number of benzene rings is 1. The standard InChI is InChI=1S/C19H20N4O3S/c1-23(2)9-14(15(24)11-3-4-11)16(25)12-5-6-13(19-20-10-21-22-19)17-18(12)27-8-7-26-17/h5-6,9-11H,3-4,7-8H2,1-2H3,(H,20,21,22). The van der Waals surface area contributed by atoms with Crippen molar-refractivity contribution in [2.45, 2.75) is 17.7 Å². The van der Waals surface area contributed by atoms with Crippen molar-refractivity contribution in [3.05, 3.63) is 35.8 Å². The van der Waals surface area contributed by atoms with Gasteiger partial charge in [-0.15, -0.1) is 11.8 Å². The predicted octanol–water partition coefficient (Wildman–Crippen LogP) is 2.56. The molecule has 1 saturated carbocycles. The molecule has 0 amide bonds. The maximum atomic E-state index is 13.3. The maximum Gasteiger partial charge on any atom is 0.199 e. The summed E-state index contributed by atoms with van der Waals surface area (Å²) in [6.07, 6.45) is 4.78. The number of ether oxygens (including phenoxy) is 1. The molecule has 0 unspecified atom stereocenters. The van der Waals surface area contributed by atoms with Crippen LogP contribution in [0.15, 0.2) is 35.1 Å². The van der Waals surface area contributed by atoms with E-state index in [1.807, 2.05) is 14.1 Å². The molecule has 0 atom stereocenters. The average Bonchev–Trinajstić information content (AvgIpc) is 3.38. The third-order valence-corrected chi connectivity index (χ3v) is 5.51. The highest BCUT2D eigenvalue weighted by molar-refractivity contribution is 7.99. The third kappa shape index (κ3) is 3.49. The quantitative estimate of drug-likeness (QED) is 0.354. The van der Waals surface area contributed by atoms with Crippen molar-refractivity contribution < 1.29 is 14.3 Å². The van der Waals surface area contributed by atoms with Crippen molar-refractivity contribution in [1.29, 1.82) is 0 Å². The molecule has 0 bridgehead atoms. The first-order chi connectivity index (χ1) is 13.1. The largest absolute Gasteiger partial charge is 0.491 e. The fourth-order valence-corrected chi connectivity index (χ4v) is 4.03. The summed E-state index contributed by atoms with van der Waals surface area (Å²) in [7, 11) is 3.63. The molecule has 0 spiro atoms. The predicted molar refractivity (Wildman–Crippen MR) is 102 cm³/mol. The number of nitrogens with zero attached hydrogens (tertiary/aromatic N) is 3. The number of nitrogens with one attached hydrogen (secondary N) is 1. The molecule has 0 radical (unpaired) electrons. The van der Waals surface area contributed by atoms with Crippen molar-refractivity contribution in [2.75, 3.05) is 26.5 Å². The van der Waals surface area contributed by atoms with Crippen LogP contribution in [0.1, 0.15) is 23.2 Å². The number of aromatic amines is 1. The lowest BCUT2D eigenvalue weighted by molar-refractivity contribution is -0.116. The molecule has 1 aromatic carbocycles. The molecule has 1 aromatic heterocycles. The molecule has 0 saturated heterocycles. The van der Waals surface area contributed by atoms with Gasteiger partial charge in [0, 0.05) is 37.5 Å². The van der Waals surface area contributed by atoms with E-state index in [0.29, 0.717) is 23.7 Å². The van der Waals surface area contributed by atoms with E-state index in [4.69, 9.17) is 4.74 Å². The van der Waals surface area contributed by atoms with Crippen LogP contribution < -0.4 is 4.74 Å². The zero-order chi connectivity index (χ0) is 19.0. The Morgan fingerprint density at radius 2 is 2.15 bits per heavy atom. The lowest BCUT2D eigenvalue weighted by Crippen LogP contribution is -2.20. The molecule has 1 fully saturated rings. The van der Waals surface area contributed by atoms with E-state index in [-0.39, 0.29) is 23.1 Å². The Morgan fingerprint density at radius 3 is 2.81 bits per heavy atom. The van der Waals surface area contributed by atoms with Crippen LogP contribution in [0.4, 0.5) is 0 Å². The van der Waals surface area contributed by atoms with Crippen molar-refractivity contribution in [3.8, 4) is 17.1 Å². The second-order valence-electron chi connectivity index (χ2n) is 6.82. The van der Waals surface area contributed by atoms with Gasteiger partial charge in [-0.3, -0.25) is 14.7 Å². The van der Waals surface area contributed by atoms with Crippen molar-refractivity contribution >= 4 is 23.3 Å². The number of Topliss-reactive ketones (excluding diaryl/α,β-unsaturated/α-hetero) is 2. The summed E-state index contributed by atoms with van der Waals surface area (Å²) in [6, 6.07) is 3.55. The highest BCUT2D eigenvalue weighted by Gasteiger charge is 2.36. The minimum Gasteiger partial charge on any atom is -0.491 e. The van der Waals surface area contributed by atoms with Gasteiger partial charge in [0.15, 0.2) is 17.4 Å². The summed E-state index contributed by atoms with van der Waals surface area (Å²) < 4.78 is 5.87. The second-order valence-corrected chi connectivity index (χ2v) is 7.93. The fraction of sp³-hybridized carbons (Fsp3) is 0.368. The third-order valence-electron chi connectivity index (χ3n) is 4.45. The first-order valence-corrected chi connectivity index (χ1v) is 9.80. The molecular weight excluding hydrogens is 364 g/mol. The number of H-pyrrole nitrogens is 1. The van der Waals surface area contributed by atoms with E-state index in [9.17, 15) is 9.59 Å². The van der Waals surface area contributed by atoms with Crippen LogP contribution in [0, 0.1) is 5.92 Å². The highest BCUT2D eigenvalue weighted by atomic mass is 32.2. The fourth-order valence-electron chi connectivity index (χ4n) is 3.04. The molecule has 27 heavy (non-hydrogen) atoms. The van der Waals surface area contributed by atoms with Gasteiger partial charge in [0.05, 0.1) is 22.6 Å². The molecule has 8 heteroatoms. The smallest absolute Gasteiger partial charge is 0.199 e. The van der Waals surface area contributed by atoms with Crippen LogP contribution in [0.5, 0.6) is 5.75 Å². The number of carbonyl (C=O) groups excluding carboxylic acids is 2. The van der Waals surface area contributed by atoms with Gasteiger partial charge in [-0.1, -0.05) is 0 Å². The number of ketones is 2. The van der Waals surface area contributed by atoms with Crippen LogP contribution in [0.3, 0.4) is 0 Å². The topological polar surface area (TPSA) is 88.2 Å². The summed E-state index contributed by atoms with van der Waals surface area (Å²) in [6.45, 7) is 0.553. The van der Waals surface area contributed by atoms with E-state index >= 15 is 0 Å². The van der Waals surface area contributed by atoms with E-state index < -0.39 is 0 Å². The van der Waals surface area contributed by atoms with Gasteiger partial charge < -0.3 is 9.64 Å². The number of fused-ring (bicyclic) bond motifs is 1. The van der Waals surface area contributed by atoms with E-state index in [0.717, 1.165) is 29.1 Å². The Balaban J connectivity index is 1.78. The first kappa shape index (κ1) is 17.8. The molecule has 2 aromatic rings. The number of hydrogen-bond donors (Lipinski definition) is 1. The maximum absolute atomic E-state index is 13.3. The summed E-state index contributed by atoms with van der Waals surface area (Å²) in [4.78, 5) is 32.7. The van der Waals surface area contributed by atoms with Gasteiger partial charge in [0.1, 0.15) is 12.1 Å². The molecular formula is C19H20N4O3S. The average molecular weight is 384 g/mol. The summed E-state index contributed by atoms with van der Waals surface area (Å²) in [5.41, 5.74) is 1.50. The number of allylic oxidation sites excluding steroid dienone is 1. The van der Waals surface area contributed by atoms with Crippen LogP contribution >= 0.6 is 11.8 Å². The van der Waals surface area contributed by atoms with Gasteiger partial charge >= 0.3 is 0 Å². The van der Waals surface area contributed by atoms with Crippen molar-refractivity contribution in [2.24, 2.45) is 5.92 Å². The normalized spacial score (nSPS) is 16.4. The molecule has 4 rings (SSSR count). The summed E-state index contributed by atoms with van der Waals surface area (Å²) in [5.74, 6) is 1.62. The minimum atomic E-state index is -0.251. The minimum absolute atomic E-state index is 0.0201. The zero-order valence-corrected chi connectivity index (χ0v) is 16.0. The second kappa shape index (κ2) is 7.19. The van der Waals surface area contributed by atoms with Crippen molar-refractivity contribution in [3.63, 3.8) is 0 Å². The van der Waals surface area contributed by atoms with Gasteiger partial charge in [-0.05, 0) is 25.0 Å². The summed E-state index contributed by atoms with van der Waals surface area (Å²) in [5, 5.41) is 6.73. The molecule has 140 valence electrons. The lowest BCUT2D eigenvalue weighted by Gasteiger charge is -2.22. The zero-order valence-electron chi connectivity index (χ0n) is 15.2. The SMILES string of the molecule is CN(C)C=C(C(=O)c1ccc(-c2ncn[nH]2)c2c1SCCO2)C(=O)C1CC1. The molecule has 2 aliphatic rings. The van der Waals surface area contributed by atoms with E-state index in [2.05, 4.69) is 15.2 Å². The van der Waals surface area contributed by atoms with Crippen LogP contribution in [-0.4, -0.2) is 58.1 Å². The Labute approximate surface area is 161 Å². The molecule has 2 heterocycles. The Hall–Kier alpha value is -2.61. The summed E-state index contributed by atoms with van der Waals surface area (Å²) >= 11 is 1.57. The first-order valence-electron chi connectivity index (χ1n) is 8.81. The van der Waals surface area contributed by atoms with Crippen LogP contribution in [-0.2, 0) is 4.79 Å². The lowest BCUT2D eigenvalue weighted by atomic mass is 9.96. The van der Waals surface area contributed by atoms with Crippen molar-refractivity contribution in [1.82, 2.24) is 20.1 Å². The van der Waals surface area contributed by atoms with Crippen LogP contribution in [0.2, 0.25) is 0 Å². The molecule has 1 N–H and O–H groups in total. The Morgan fingerprint density at radius 1 is 1.33 bits per heavy atom. The monoisotopic (exact) mass is 384 g/mol.